The average Bonchev–Trinajstić information content (AvgIpc) is 2.83. The van der Waals surface area contributed by atoms with Crippen LogP contribution in [-0.2, 0) is 15.7 Å². The lowest BCUT2D eigenvalue weighted by atomic mass is 10.3. The Kier molecular flexibility index (Phi) is 4.40. The van der Waals surface area contributed by atoms with Gasteiger partial charge in [0.1, 0.15) is 5.03 Å². The van der Waals surface area contributed by atoms with Crippen molar-refractivity contribution in [3.05, 3.63) is 24.2 Å². The van der Waals surface area contributed by atoms with Crippen molar-refractivity contribution in [2.75, 3.05) is 7.11 Å². The third-order valence-electron chi connectivity index (χ3n) is 2.64. The quantitative estimate of drug-likeness (QED) is 0.641. The third-order valence-corrected chi connectivity index (χ3v) is 3.75. The van der Waals surface area contributed by atoms with Crippen LogP contribution in [0.3, 0.4) is 0 Å². The molecule has 0 aliphatic rings. The minimum atomic E-state index is -4.51. The molecule has 1 unspecified atom stereocenters. The number of halogens is 3. The van der Waals surface area contributed by atoms with Crippen molar-refractivity contribution in [2.24, 2.45) is 0 Å². The van der Waals surface area contributed by atoms with Crippen LogP contribution in [0.2, 0.25) is 0 Å². The minimum absolute atomic E-state index is 0.143. The number of hydrogen-bond acceptors (Lipinski definition) is 5. The van der Waals surface area contributed by atoms with Crippen LogP contribution < -0.4 is 0 Å². The molecule has 1 atom stereocenters. The molecule has 0 amide bonds. The lowest BCUT2D eigenvalue weighted by Crippen LogP contribution is -2.08. The van der Waals surface area contributed by atoms with E-state index in [2.05, 4.69) is 14.8 Å². The van der Waals surface area contributed by atoms with Crippen molar-refractivity contribution >= 4 is 23.2 Å². The molecular formula is C12H12F3N3O2S. The second-order valence-corrected chi connectivity index (χ2v) is 5.73. The summed E-state index contributed by atoms with van der Waals surface area (Å²) in [4.78, 5) is 15.2. The van der Waals surface area contributed by atoms with Gasteiger partial charge in [0, 0.05) is 17.6 Å². The Hall–Kier alpha value is -1.77. The molecule has 9 heteroatoms. The Morgan fingerprint density at radius 2 is 2.24 bits per heavy atom. The molecule has 0 aliphatic carbocycles. The summed E-state index contributed by atoms with van der Waals surface area (Å²) < 4.78 is 43.7. The SMILES string of the molecule is COC(=O)CC(C)Sc1nccn2nc(C(F)(F)F)cc12. The average molecular weight is 319 g/mol. The van der Waals surface area contributed by atoms with Crippen LogP contribution >= 0.6 is 11.8 Å². The summed E-state index contributed by atoms with van der Waals surface area (Å²) >= 11 is 1.20. The normalized spacial score (nSPS) is 13.4. The summed E-state index contributed by atoms with van der Waals surface area (Å²) in [5, 5.41) is 3.68. The van der Waals surface area contributed by atoms with Crippen molar-refractivity contribution in [3.8, 4) is 0 Å². The number of rotatable bonds is 4. The number of methoxy groups -OCH3 is 1. The van der Waals surface area contributed by atoms with Gasteiger partial charge in [-0.15, -0.1) is 11.8 Å². The molecule has 0 bridgehead atoms. The van der Waals surface area contributed by atoms with E-state index in [1.807, 2.05) is 0 Å². The molecular weight excluding hydrogens is 307 g/mol. The van der Waals surface area contributed by atoms with Crippen LogP contribution in [-0.4, -0.2) is 32.9 Å². The standard InChI is InChI=1S/C12H12F3N3O2S/c1-7(5-10(19)20-2)21-11-8-6-9(12(13,14)15)17-18(8)4-3-16-11/h3-4,6-7H,5H2,1-2H3. The molecule has 0 N–H and O–H groups in total. The number of ether oxygens (including phenoxy) is 1. The van der Waals surface area contributed by atoms with E-state index in [0.29, 0.717) is 5.03 Å². The lowest BCUT2D eigenvalue weighted by Gasteiger charge is -2.09. The first kappa shape index (κ1) is 15.6. The number of esters is 1. The predicted molar refractivity (Wildman–Crippen MR) is 69.9 cm³/mol. The molecule has 2 heterocycles. The monoisotopic (exact) mass is 319 g/mol. The van der Waals surface area contributed by atoms with Gasteiger partial charge in [0.15, 0.2) is 5.69 Å². The van der Waals surface area contributed by atoms with E-state index >= 15 is 0 Å². The highest BCUT2D eigenvalue weighted by atomic mass is 32.2. The number of hydrogen-bond donors (Lipinski definition) is 0. The molecule has 2 rings (SSSR count). The zero-order valence-corrected chi connectivity index (χ0v) is 12.0. The highest BCUT2D eigenvalue weighted by Crippen LogP contribution is 2.32. The first-order chi connectivity index (χ1) is 9.81. The van der Waals surface area contributed by atoms with Gasteiger partial charge in [0.2, 0.25) is 0 Å². The second-order valence-electron chi connectivity index (χ2n) is 4.30. The highest BCUT2D eigenvalue weighted by Gasteiger charge is 2.34. The van der Waals surface area contributed by atoms with Crippen LogP contribution in [0.5, 0.6) is 0 Å². The summed E-state index contributed by atoms with van der Waals surface area (Å²) in [5.74, 6) is -0.383. The van der Waals surface area contributed by atoms with Gasteiger partial charge in [-0.25, -0.2) is 9.50 Å². The smallest absolute Gasteiger partial charge is 0.435 e. The van der Waals surface area contributed by atoms with Crippen LogP contribution in [0.25, 0.3) is 5.52 Å². The maximum absolute atomic E-state index is 12.7. The fourth-order valence-corrected chi connectivity index (χ4v) is 2.67. The largest absolute Gasteiger partial charge is 0.469 e. The topological polar surface area (TPSA) is 56.5 Å². The Bertz CT molecular complexity index is 657. The van der Waals surface area contributed by atoms with Crippen LogP contribution in [0, 0.1) is 0 Å². The molecule has 0 radical (unpaired) electrons. The van der Waals surface area contributed by atoms with E-state index in [1.165, 1.54) is 31.3 Å². The van der Waals surface area contributed by atoms with Gasteiger partial charge in [-0.1, -0.05) is 6.92 Å². The number of aromatic nitrogens is 3. The zero-order chi connectivity index (χ0) is 15.6. The summed E-state index contributed by atoms with van der Waals surface area (Å²) in [6.45, 7) is 1.77. The van der Waals surface area contributed by atoms with Gasteiger partial charge < -0.3 is 4.74 Å². The maximum atomic E-state index is 12.7. The van der Waals surface area contributed by atoms with Gasteiger partial charge in [0.25, 0.3) is 0 Å². The predicted octanol–water partition coefficient (Wildman–Crippen LogP) is 2.79. The van der Waals surface area contributed by atoms with Gasteiger partial charge in [0.05, 0.1) is 19.0 Å². The molecule has 0 fully saturated rings. The molecule has 2 aromatic heterocycles. The Morgan fingerprint density at radius 3 is 2.86 bits per heavy atom. The Morgan fingerprint density at radius 1 is 1.52 bits per heavy atom. The van der Waals surface area contributed by atoms with Crippen LogP contribution in [0.15, 0.2) is 23.5 Å². The minimum Gasteiger partial charge on any atom is -0.469 e. The molecule has 21 heavy (non-hydrogen) atoms. The van der Waals surface area contributed by atoms with Gasteiger partial charge in [-0.3, -0.25) is 4.79 Å². The first-order valence-corrected chi connectivity index (χ1v) is 6.84. The Balaban J connectivity index is 2.28. The number of alkyl halides is 3. The molecule has 0 saturated carbocycles. The Labute approximate surface area is 122 Å². The van der Waals surface area contributed by atoms with E-state index in [4.69, 9.17) is 0 Å². The van der Waals surface area contributed by atoms with Gasteiger partial charge >= 0.3 is 12.1 Å². The lowest BCUT2D eigenvalue weighted by molar-refractivity contribution is -0.141. The van der Waals surface area contributed by atoms with Crippen molar-refractivity contribution in [2.45, 2.75) is 29.8 Å². The molecule has 2 aromatic rings. The maximum Gasteiger partial charge on any atom is 0.435 e. The molecule has 0 spiro atoms. The van der Waals surface area contributed by atoms with Crippen molar-refractivity contribution < 1.29 is 22.7 Å². The molecule has 0 aromatic carbocycles. The zero-order valence-electron chi connectivity index (χ0n) is 11.2. The van der Waals surface area contributed by atoms with Crippen LogP contribution in [0.1, 0.15) is 19.0 Å². The highest BCUT2D eigenvalue weighted by molar-refractivity contribution is 8.00. The number of carbonyl (C=O) groups is 1. The van der Waals surface area contributed by atoms with E-state index in [-0.39, 0.29) is 23.2 Å². The summed E-state index contributed by atoms with van der Waals surface area (Å²) in [5.41, 5.74) is -0.718. The summed E-state index contributed by atoms with van der Waals surface area (Å²) in [6, 6.07) is 0.945. The number of carbonyl (C=O) groups excluding carboxylic acids is 1. The summed E-state index contributed by atoms with van der Waals surface area (Å²) in [7, 11) is 1.28. The van der Waals surface area contributed by atoms with E-state index in [9.17, 15) is 18.0 Å². The first-order valence-electron chi connectivity index (χ1n) is 5.96. The fourth-order valence-electron chi connectivity index (χ4n) is 1.68. The fraction of sp³-hybridized carbons (Fsp3) is 0.417. The van der Waals surface area contributed by atoms with E-state index in [0.717, 1.165) is 10.6 Å². The number of thioether (sulfide) groups is 1. The van der Waals surface area contributed by atoms with Crippen molar-refractivity contribution in [3.63, 3.8) is 0 Å². The number of nitrogens with zero attached hydrogens (tertiary/aromatic N) is 3. The van der Waals surface area contributed by atoms with Crippen molar-refractivity contribution in [1.82, 2.24) is 14.6 Å². The molecule has 114 valence electrons. The van der Waals surface area contributed by atoms with Gasteiger partial charge in [-0.2, -0.15) is 18.3 Å². The summed E-state index contributed by atoms with van der Waals surface area (Å²) in [6.07, 6.45) is -1.65. The van der Waals surface area contributed by atoms with E-state index in [1.54, 1.807) is 6.92 Å². The second kappa shape index (κ2) is 5.92. The van der Waals surface area contributed by atoms with E-state index < -0.39 is 11.9 Å². The molecule has 0 saturated heterocycles. The van der Waals surface area contributed by atoms with Gasteiger partial charge in [-0.05, 0) is 6.07 Å². The number of fused-ring (bicyclic) bond motifs is 1. The molecule has 5 nitrogen and oxygen atoms in total. The van der Waals surface area contributed by atoms with Crippen LogP contribution in [0.4, 0.5) is 13.2 Å². The third kappa shape index (κ3) is 3.66. The van der Waals surface area contributed by atoms with Crippen molar-refractivity contribution in [1.29, 1.82) is 0 Å². The molecule has 0 aliphatic heterocycles.